The molecule has 0 radical (unpaired) electrons. The number of benzene rings is 1. The monoisotopic (exact) mass is 275 g/mol. The Labute approximate surface area is 121 Å². The number of likely N-dealkylation sites (tertiary alicyclic amines) is 1. The molecule has 20 heavy (non-hydrogen) atoms. The molecule has 0 aliphatic carbocycles. The zero-order valence-corrected chi connectivity index (χ0v) is 12.7. The average Bonchev–Trinajstić information content (AvgIpc) is 2.45. The molecule has 1 heterocycles. The SMILES string of the molecule is CNC(=O)c1ccc(NCC2CCCN(C)C2)c(C)c1. The van der Waals surface area contributed by atoms with Crippen LogP contribution in [-0.2, 0) is 0 Å². The minimum atomic E-state index is -0.0337. The normalized spacial score (nSPS) is 19.6. The van der Waals surface area contributed by atoms with Gasteiger partial charge >= 0.3 is 0 Å². The molecule has 4 nitrogen and oxygen atoms in total. The van der Waals surface area contributed by atoms with Crippen molar-refractivity contribution in [2.24, 2.45) is 5.92 Å². The molecule has 2 rings (SSSR count). The molecule has 1 aromatic rings. The van der Waals surface area contributed by atoms with Gasteiger partial charge in [0, 0.05) is 31.4 Å². The van der Waals surface area contributed by atoms with Gasteiger partial charge in [0.15, 0.2) is 0 Å². The maximum atomic E-state index is 11.6. The van der Waals surface area contributed by atoms with Crippen LogP contribution in [0.5, 0.6) is 0 Å². The Bertz CT molecular complexity index is 473. The van der Waals surface area contributed by atoms with Crippen molar-refractivity contribution in [3.05, 3.63) is 29.3 Å². The average molecular weight is 275 g/mol. The van der Waals surface area contributed by atoms with E-state index >= 15 is 0 Å². The third kappa shape index (κ3) is 3.73. The lowest BCUT2D eigenvalue weighted by Gasteiger charge is -2.30. The Morgan fingerprint density at radius 3 is 2.90 bits per heavy atom. The second-order valence-electron chi connectivity index (χ2n) is 5.76. The van der Waals surface area contributed by atoms with Gasteiger partial charge in [0.25, 0.3) is 5.91 Å². The summed E-state index contributed by atoms with van der Waals surface area (Å²) in [7, 11) is 3.85. The highest BCUT2D eigenvalue weighted by molar-refractivity contribution is 5.94. The Morgan fingerprint density at radius 1 is 1.45 bits per heavy atom. The van der Waals surface area contributed by atoms with E-state index < -0.39 is 0 Å². The molecule has 0 bridgehead atoms. The number of hydrogen-bond acceptors (Lipinski definition) is 3. The molecule has 0 spiro atoms. The van der Waals surface area contributed by atoms with Crippen molar-refractivity contribution >= 4 is 11.6 Å². The molecule has 1 aliphatic heterocycles. The van der Waals surface area contributed by atoms with Gasteiger partial charge in [-0.25, -0.2) is 0 Å². The van der Waals surface area contributed by atoms with Crippen LogP contribution in [0.3, 0.4) is 0 Å². The number of amides is 1. The van der Waals surface area contributed by atoms with E-state index in [4.69, 9.17) is 0 Å². The topological polar surface area (TPSA) is 44.4 Å². The van der Waals surface area contributed by atoms with E-state index in [0.29, 0.717) is 11.5 Å². The smallest absolute Gasteiger partial charge is 0.251 e. The molecular formula is C16H25N3O. The third-order valence-corrected chi connectivity index (χ3v) is 4.02. The van der Waals surface area contributed by atoms with E-state index in [2.05, 4.69) is 22.6 Å². The Balaban J connectivity index is 1.94. The first kappa shape index (κ1) is 14.9. The van der Waals surface area contributed by atoms with Gasteiger partial charge in [-0.3, -0.25) is 4.79 Å². The van der Waals surface area contributed by atoms with Gasteiger partial charge in [0.2, 0.25) is 0 Å². The highest BCUT2D eigenvalue weighted by Crippen LogP contribution is 2.20. The van der Waals surface area contributed by atoms with Crippen molar-refractivity contribution in [2.75, 3.05) is 39.0 Å². The molecule has 1 amide bonds. The van der Waals surface area contributed by atoms with E-state index in [1.54, 1.807) is 7.05 Å². The molecule has 4 heteroatoms. The van der Waals surface area contributed by atoms with Gasteiger partial charge in [-0.05, 0) is 63.0 Å². The molecule has 1 aromatic carbocycles. The molecule has 1 fully saturated rings. The lowest BCUT2D eigenvalue weighted by molar-refractivity contribution is 0.0963. The number of hydrogen-bond donors (Lipinski definition) is 2. The summed E-state index contributed by atoms with van der Waals surface area (Å²) in [5.41, 5.74) is 2.97. The lowest BCUT2D eigenvalue weighted by Crippen LogP contribution is -2.35. The molecular weight excluding hydrogens is 250 g/mol. The van der Waals surface area contributed by atoms with Crippen LogP contribution in [0.15, 0.2) is 18.2 Å². The zero-order chi connectivity index (χ0) is 14.5. The number of anilines is 1. The summed E-state index contributed by atoms with van der Waals surface area (Å²) >= 11 is 0. The van der Waals surface area contributed by atoms with Crippen molar-refractivity contribution in [1.82, 2.24) is 10.2 Å². The lowest BCUT2D eigenvalue weighted by atomic mass is 9.98. The van der Waals surface area contributed by atoms with Crippen LogP contribution in [0, 0.1) is 12.8 Å². The van der Waals surface area contributed by atoms with Crippen LogP contribution in [0.4, 0.5) is 5.69 Å². The molecule has 0 aromatic heterocycles. The first-order chi connectivity index (χ1) is 9.60. The third-order valence-electron chi connectivity index (χ3n) is 4.02. The molecule has 2 N–H and O–H groups in total. The summed E-state index contributed by atoms with van der Waals surface area (Å²) in [6.07, 6.45) is 2.59. The minimum Gasteiger partial charge on any atom is -0.385 e. The summed E-state index contributed by atoms with van der Waals surface area (Å²) in [4.78, 5) is 14.0. The van der Waals surface area contributed by atoms with Gasteiger partial charge < -0.3 is 15.5 Å². The van der Waals surface area contributed by atoms with Gasteiger partial charge in [-0.15, -0.1) is 0 Å². The van der Waals surface area contributed by atoms with Crippen molar-refractivity contribution in [3.8, 4) is 0 Å². The molecule has 1 saturated heterocycles. The molecule has 1 aliphatic rings. The standard InChI is InChI=1S/C16H25N3O/c1-12-9-14(16(20)17-2)6-7-15(12)18-10-13-5-4-8-19(3)11-13/h6-7,9,13,18H,4-5,8,10-11H2,1-3H3,(H,17,20). The predicted octanol–water partition coefficient (Wildman–Crippen LogP) is 2.11. The van der Waals surface area contributed by atoms with Crippen LogP contribution in [0.2, 0.25) is 0 Å². The summed E-state index contributed by atoms with van der Waals surface area (Å²) < 4.78 is 0. The summed E-state index contributed by atoms with van der Waals surface area (Å²) in [5.74, 6) is 0.681. The fourth-order valence-corrected chi connectivity index (χ4v) is 2.84. The van der Waals surface area contributed by atoms with Gasteiger partial charge in [0.1, 0.15) is 0 Å². The van der Waals surface area contributed by atoms with Crippen LogP contribution < -0.4 is 10.6 Å². The van der Waals surface area contributed by atoms with Crippen molar-refractivity contribution < 1.29 is 4.79 Å². The first-order valence-corrected chi connectivity index (χ1v) is 7.35. The van der Waals surface area contributed by atoms with Gasteiger partial charge in [0.05, 0.1) is 0 Å². The predicted molar refractivity (Wildman–Crippen MR) is 83.3 cm³/mol. The van der Waals surface area contributed by atoms with E-state index in [1.807, 2.05) is 25.1 Å². The number of piperidine rings is 1. The summed E-state index contributed by atoms with van der Waals surface area (Å²) in [6, 6.07) is 5.82. The number of aryl methyl sites for hydroxylation is 1. The highest BCUT2D eigenvalue weighted by Gasteiger charge is 2.17. The van der Waals surface area contributed by atoms with Crippen LogP contribution in [0.25, 0.3) is 0 Å². The quantitative estimate of drug-likeness (QED) is 0.884. The summed E-state index contributed by atoms with van der Waals surface area (Å²) in [6.45, 7) is 5.44. The number of nitrogens with zero attached hydrogens (tertiary/aromatic N) is 1. The molecule has 110 valence electrons. The summed E-state index contributed by atoms with van der Waals surface area (Å²) in [5, 5.41) is 6.18. The highest BCUT2D eigenvalue weighted by atomic mass is 16.1. The van der Waals surface area contributed by atoms with Crippen LogP contribution in [-0.4, -0.2) is 44.5 Å². The Morgan fingerprint density at radius 2 is 2.25 bits per heavy atom. The van der Waals surface area contributed by atoms with Crippen LogP contribution in [0.1, 0.15) is 28.8 Å². The largest absolute Gasteiger partial charge is 0.385 e. The molecule has 1 unspecified atom stereocenters. The maximum absolute atomic E-state index is 11.6. The second kappa shape index (κ2) is 6.75. The molecule has 1 atom stereocenters. The fraction of sp³-hybridized carbons (Fsp3) is 0.562. The van der Waals surface area contributed by atoms with Gasteiger partial charge in [-0.1, -0.05) is 0 Å². The second-order valence-corrected chi connectivity index (χ2v) is 5.76. The van der Waals surface area contributed by atoms with E-state index in [1.165, 1.54) is 25.9 Å². The number of rotatable bonds is 4. The van der Waals surface area contributed by atoms with E-state index in [9.17, 15) is 4.79 Å². The van der Waals surface area contributed by atoms with Crippen molar-refractivity contribution in [1.29, 1.82) is 0 Å². The maximum Gasteiger partial charge on any atom is 0.251 e. The van der Waals surface area contributed by atoms with Crippen molar-refractivity contribution in [2.45, 2.75) is 19.8 Å². The number of carbonyl (C=O) groups is 1. The van der Waals surface area contributed by atoms with E-state index in [0.717, 1.165) is 17.8 Å². The fourth-order valence-electron chi connectivity index (χ4n) is 2.84. The minimum absolute atomic E-state index is 0.0337. The van der Waals surface area contributed by atoms with Crippen molar-refractivity contribution in [3.63, 3.8) is 0 Å². The van der Waals surface area contributed by atoms with Crippen LogP contribution >= 0.6 is 0 Å². The van der Waals surface area contributed by atoms with Gasteiger partial charge in [-0.2, -0.15) is 0 Å². The zero-order valence-electron chi connectivity index (χ0n) is 12.7. The number of carbonyl (C=O) groups excluding carboxylic acids is 1. The van der Waals surface area contributed by atoms with E-state index in [-0.39, 0.29) is 5.91 Å². The number of nitrogens with one attached hydrogen (secondary N) is 2. The molecule has 0 saturated carbocycles. The first-order valence-electron chi connectivity index (χ1n) is 7.35. The Kier molecular flexibility index (Phi) is 5.01. The Hall–Kier alpha value is -1.55.